The lowest BCUT2D eigenvalue weighted by Crippen LogP contribution is -2.27. The van der Waals surface area contributed by atoms with Crippen molar-refractivity contribution in [1.82, 2.24) is 0 Å². The van der Waals surface area contributed by atoms with E-state index in [4.69, 9.17) is 15.2 Å². The van der Waals surface area contributed by atoms with Gasteiger partial charge in [0, 0.05) is 19.3 Å². The highest BCUT2D eigenvalue weighted by molar-refractivity contribution is 5.31. The molecule has 1 heterocycles. The Kier molecular flexibility index (Phi) is 3.97. The quantitative estimate of drug-likeness (QED) is 0.880. The maximum Gasteiger partial charge on any atom is 0.165 e. The van der Waals surface area contributed by atoms with Crippen molar-refractivity contribution in [2.75, 3.05) is 20.3 Å². The van der Waals surface area contributed by atoms with Crippen LogP contribution < -0.4 is 10.5 Å². The van der Waals surface area contributed by atoms with Crippen molar-refractivity contribution in [2.45, 2.75) is 18.9 Å². The van der Waals surface area contributed by atoms with E-state index in [0.29, 0.717) is 5.92 Å². The minimum atomic E-state index is -0.354. The summed E-state index contributed by atoms with van der Waals surface area (Å²) >= 11 is 0. The number of hydrogen-bond donors (Lipinski definition) is 1. The maximum atomic E-state index is 13.6. The van der Waals surface area contributed by atoms with Crippen molar-refractivity contribution < 1.29 is 13.9 Å². The molecule has 1 aromatic rings. The summed E-state index contributed by atoms with van der Waals surface area (Å²) in [6, 6.07) is 4.81. The van der Waals surface area contributed by atoms with Crippen LogP contribution in [0.4, 0.5) is 4.39 Å². The summed E-state index contributed by atoms with van der Waals surface area (Å²) in [7, 11) is 1.45. The maximum absolute atomic E-state index is 13.6. The van der Waals surface area contributed by atoms with Crippen molar-refractivity contribution in [3.63, 3.8) is 0 Å². The van der Waals surface area contributed by atoms with Crippen molar-refractivity contribution in [1.29, 1.82) is 0 Å². The smallest absolute Gasteiger partial charge is 0.165 e. The Balaban J connectivity index is 2.12. The number of halogens is 1. The molecule has 1 aliphatic heterocycles. The molecule has 3 nitrogen and oxygen atoms in total. The number of hydrogen-bond acceptors (Lipinski definition) is 3. The Morgan fingerprint density at radius 2 is 2.12 bits per heavy atom. The molecule has 0 saturated carbocycles. The first-order chi connectivity index (χ1) is 8.22. The zero-order valence-corrected chi connectivity index (χ0v) is 9.99. The van der Waals surface area contributed by atoms with Gasteiger partial charge in [-0.1, -0.05) is 6.07 Å². The third-order valence-corrected chi connectivity index (χ3v) is 3.33. The van der Waals surface area contributed by atoms with Gasteiger partial charge in [-0.15, -0.1) is 0 Å². The Bertz CT molecular complexity index is 378. The number of rotatable bonds is 3. The molecule has 0 unspecified atom stereocenters. The van der Waals surface area contributed by atoms with Crippen LogP contribution >= 0.6 is 0 Å². The van der Waals surface area contributed by atoms with Crippen molar-refractivity contribution >= 4 is 0 Å². The average molecular weight is 239 g/mol. The molecule has 0 aliphatic carbocycles. The van der Waals surface area contributed by atoms with Crippen LogP contribution in [0.2, 0.25) is 0 Å². The van der Waals surface area contributed by atoms with E-state index in [2.05, 4.69) is 0 Å². The topological polar surface area (TPSA) is 44.5 Å². The molecular formula is C13H18FNO2. The number of nitrogens with two attached hydrogens (primary N) is 1. The number of methoxy groups -OCH3 is 1. The second-order valence-corrected chi connectivity index (χ2v) is 4.37. The molecule has 2 N–H and O–H groups in total. The van der Waals surface area contributed by atoms with Gasteiger partial charge in [-0.2, -0.15) is 0 Å². The van der Waals surface area contributed by atoms with Gasteiger partial charge in [-0.3, -0.25) is 0 Å². The van der Waals surface area contributed by atoms with Gasteiger partial charge in [-0.25, -0.2) is 4.39 Å². The minimum Gasteiger partial charge on any atom is -0.494 e. The highest BCUT2D eigenvalue weighted by atomic mass is 19.1. The van der Waals surface area contributed by atoms with Crippen LogP contribution in [-0.2, 0) is 4.74 Å². The lowest BCUT2D eigenvalue weighted by atomic mass is 9.88. The molecule has 1 fully saturated rings. The number of ether oxygens (including phenoxy) is 2. The van der Waals surface area contributed by atoms with Gasteiger partial charge in [0.1, 0.15) is 0 Å². The molecule has 4 heteroatoms. The van der Waals surface area contributed by atoms with E-state index in [1.807, 2.05) is 6.07 Å². The van der Waals surface area contributed by atoms with Gasteiger partial charge in [0.15, 0.2) is 11.6 Å². The molecule has 1 atom stereocenters. The standard InChI is InChI=1S/C13H18FNO2/c1-16-12-3-2-10(8-11(12)14)13(15)9-4-6-17-7-5-9/h2-3,8-9,13H,4-7,15H2,1H3/t13-/m0/s1. The normalized spacial score (nSPS) is 19.0. The van der Waals surface area contributed by atoms with Crippen LogP contribution in [0.25, 0.3) is 0 Å². The molecule has 0 amide bonds. The molecule has 0 radical (unpaired) electrons. The van der Waals surface area contributed by atoms with E-state index < -0.39 is 0 Å². The van der Waals surface area contributed by atoms with Crippen LogP contribution in [0, 0.1) is 11.7 Å². The Morgan fingerprint density at radius 3 is 2.71 bits per heavy atom. The van der Waals surface area contributed by atoms with E-state index in [9.17, 15) is 4.39 Å². The largest absolute Gasteiger partial charge is 0.494 e. The molecule has 1 saturated heterocycles. The predicted octanol–water partition coefficient (Wildman–Crippen LogP) is 2.26. The lowest BCUT2D eigenvalue weighted by molar-refractivity contribution is 0.0583. The number of benzene rings is 1. The molecule has 1 aromatic carbocycles. The molecule has 94 valence electrons. The minimum absolute atomic E-state index is 0.126. The molecule has 1 aliphatic rings. The SMILES string of the molecule is COc1ccc([C@@H](N)C2CCOCC2)cc1F. The Morgan fingerprint density at radius 1 is 1.41 bits per heavy atom. The van der Waals surface area contributed by atoms with E-state index in [-0.39, 0.29) is 17.6 Å². The summed E-state index contributed by atoms with van der Waals surface area (Å²) in [4.78, 5) is 0. The first-order valence-corrected chi connectivity index (χ1v) is 5.89. The van der Waals surface area contributed by atoms with E-state index in [1.165, 1.54) is 13.2 Å². The summed E-state index contributed by atoms with van der Waals surface area (Å²) in [5.74, 6) is 0.275. The zero-order chi connectivity index (χ0) is 12.3. The van der Waals surface area contributed by atoms with Crippen molar-refractivity contribution in [2.24, 2.45) is 11.7 Å². The highest BCUT2D eigenvalue weighted by Gasteiger charge is 2.22. The summed E-state index contributed by atoms with van der Waals surface area (Å²) in [5, 5.41) is 0. The third-order valence-electron chi connectivity index (χ3n) is 3.33. The Hall–Kier alpha value is -1.13. The van der Waals surface area contributed by atoms with Crippen LogP contribution in [0.3, 0.4) is 0 Å². The molecule has 0 aromatic heterocycles. The fourth-order valence-electron chi connectivity index (χ4n) is 2.24. The summed E-state index contributed by atoms with van der Waals surface area (Å²) in [6.07, 6.45) is 1.88. The molecule has 0 bridgehead atoms. The monoisotopic (exact) mass is 239 g/mol. The molecular weight excluding hydrogens is 221 g/mol. The van der Waals surface area contributed by atoms with E-state index in [0.717, 1.165) is 31.6 Å². The second-order valence-electron chi connectivity index (χ2n) is 4.37. The van der Waals surface area contributed by atoms with Gasteiger partial charge >= 0.3 is 0 Å². The molecule has 17 heavy (non-hydrogen) atoms. The van der Waals surface area contributed by atoms with Gasteiger partial charge in [0.25, 0.3) is 0 Å². The zero-order valence-electron chi connectivity index (χ0n) is 9.99. The van der Waals surface area contributed by atoms with Gasteiger partial charge in [-0.05, 0) is 36.5 Å². The predicted molar refractivity (Wildman–Crippen MR) is 63.4 cm³/mol. The van der Waals surface area contributed by atoms with Gasteiger partial charge in [0.2, 0.25) is 0 Å². The summed E-state index contributed by atoms with van der Waals surface area (Å²) in [6.45, 7) is 1.49. The average Bonchev–Trinajstić information content (AvgIpc) is 2.39. The fourth-order valence-corrected chi connectivity index (χ4v) is 2.24. The molecule has 2 rings (SSSR count). The first-order valence-electron chi connectivity index (χ1n) is 5.89. The summed E-state index contributed by atoms with van der Waals surface area (Å²) < 4.78 is 23.8. The lowest BCUT2D eigenvalue weighted by Gasteiger charge is -2.28. The third kappa shape index (κ3) is 2.76. The van der Waals surface area contributed by atoms with Crippen molar-refractivity contribution in [3.05, 3.63) is 29.6 Å². The van der Waals surface area contributed by atoms with Gasteiger partial charge in [0.05, 0.1) is 7.11 Å². The van der Waals surface area contributed by atoms with Gasteiger partial charge < -0.3 is 15.2 Å². The second kappa shape index (κ2) is 5.47. The van der Waals surface area contributed by atoms with Crippen LogP contribution in [-0.4, -0.2) is 20.3 Å². The first kappa shape index (κ1) is 12.3. The Labute approximate surface area is 101 Å². The van der Waals surface area contributed by atoms with Crippen LogP contribution in [0.1, 0.15) is 24.4 Å². The van der Waals surface area contributed by atoms with E-state index in [1.54, 1.807) is 6.07 Å². The van der Waals surface area contributed by atoms with E-state index >= 15 is 0 Å². The molecule has 0 spiro atoms. The van der Waals surface area contributed by atoms with Crippen molar-refractivity contribution in [3.8, 4) is 5.75 Å². The highest BCUT2D eigenvalue weighted by Crippen LogP contribution is 2.30. The summed E-state index contributed by atoms with van der Waals surface area (Å²) in [5.41, 5.74) is 7.00. The van der Waals surface area contributed by atoms with Crippen LogP contribution in [0.15, 0.2) is 18.2 Å². The van der Waals surface area contributed by atoms with Crippen LogP contribution in [0.5, 0.6) is 5.75 Å². The fraction of sp³-hybridized carbons (Fsp3) is 0.538.